The summed E-state index contributed by atoms with van der Waals surface area (Å²) in [6, 6.07) is 5.52. The van der Waals surface area contributed by atoms with Gasteiger partial charge < -0.3 is 19.6 Å². The number of nitrogens with one attached hydrogen (secondary N) is 1. The van der Waals surface area contributed by atoms with Crippen LogP contribution in [0.3, 0.4) is 0 Å². The van der Waals surface area contributed by atoms with Crippen molar-refractivity contribution < 1.29 is 23.3 Å². The number of piperazine rings is 1. The van der Waals surface area contributed by atoms with Crippen molar-refractivity contribution in [3.8, 4) is 11.3 Å². The van der Waals surface area contributed by atoms with Crippen LogP contribution in [0.25, 0.3) is 11.3 Å². The van der Waals surface area contributed by atoms with E-state index in [1.165, 1.54) is 40.1 Å². The molecule has 1 aliphatic heterocycles. The smallest absolute Gasteiger partial charge is 0.276 e. The first-order valence-corrected chi connectivity index (χ1v) is 9.72. The molecule has 160 valence electrons. The van der Waals surface area contributed by atoms with E-state index in [2.05, 4.69) is 10.5 Å². The molecule has 1 aromatic carbocycles. The highest BCUT2D eigenvalue weighted by atomic mass is 19.1. The van der Waals surface area contributed by atoms with Gasteiger partial charge in [-0.05, 0) is 36.6 Å². The first-order valence-electron chi connectivity index (χ1n) is 9.72. The van der Waals surface area contributed by atoms with E-state index in [1.54, 1.807) is 14.1 Å². The minimum atomic E-state index is -0.830. The second kappa shape index (κ2) is 8.64. The van der Waals surface area contributed by atoms with Gasteiger partial charge in [0.2, 0.25) is 11.8 Å². The van der Waals surface area contributed by atoms with Gasteiger partial charge in [0.05, 0.1) is 6.54 Å². The highest BCUT2D eigenvalue weighted by molar-refractivity contribution is 5.99. The number of amides is 3. The van der Waals surface area contributed by atoms with E-state index in [-0.39, 0.29) is 35.8 Å². The lowest BCUT2D eigenvalue weighted by molar-refractivity contribution is -0.140. The Morgan fingerprint density at radius 3 is 2.57 bits per heavy atom. The van der Waals surface area contributed by atoms with Gasteiger partial charge in [-0.2, -0.15) is 0 Å². The van der Waals surface area contributed by atoms with Gasteiger partial charge >= 0.3 is 0 Å². The molecule has 30 heavy (non-hydrogen) atoms. The maximum absolute atomic E-state index is 13.2. The number of benzene rings is 1. The number of hydrogen-bond acceptors (Lipinski definition) is 5. The summed E-state index contributed by atoms with van der Waals surface area (Å²) in [5.74, 6) is -1.08. The first-order chi connectivity index (χ1) is 14.2. The third-order valence-electron chi connectivity index (χ3n) is 4.93. The Kier molecular flexibility index (Phi) is 6.19. The second-order valence-corrected chi connectivity index (χ2v) is 7.98. The second-order valence-electron chi connectivity index (χ2n) is 7.98. The monoisotopic (exact) mass is 416 g/mol. The molecule has 1 aliphatic rings. The summed E-state index contributed by atoms with van der Waals surface area (Å²) in [6.07, 6.45) is 0.448. The molecule has 3 rings (SSSR count). The van der Waals surface area contributed by atoms with Crippen molar-refractivity contribution in [2.45, 2.75) is 32.4 Å². The topological polar surface area (TPSA) is 95.8 Å². The number of halogens is 1. The van der Waals surface area contributed by atoms with Crippen LogP contribution in [0.2, 0.25) is 0 Å². The first kappa shape index (κ1) is 21.5. The van der Waals surface area contributed by atoms with Gasteiger partial charge in [-0.25, -0.2) is 4.39 Å². The zero-order valence-corrected chi connectivity index (χ0v) is 17.4. The summed E-state index contributed by atoms with van der Waals surface area (Å²) in [5.41, 5.74) is 0.590. The Hall–Kier alpha value is -3.23. The van der Waals surface area contributed by atoms with E-state index >= 15 is 0 Å². The molecule has 0 spiro atoms. The minimum absolute atomic E-state index is 0.0221. The van der Waals surface area contributed by atoms with Crippen LogP contribution in [-0.2, 0) is 9.59 Å². The lowest BCUT2D eigenvalue weighted by atomic mass is 9.97. The number of rotatable bonds is 5. The van der Waals surface area contributed by atoms with Crippen molar-refractivity contribution >= 4 is 17.7 Å². The maximum Gasteiger partial charge on any atom is 0.276 e. The van der Waals surface area contributed by atoms with Crippen LogP contribution in [-0.4, -0.2) is 65.4 Å². The average molecular weight is 416 g/mol. The van der Waals surface area contributed by atoms with Gasteiger partial charge in [-0.15, -0.1) is 0 Å². The average Bonchev–Trinajstić information content (AvgIpc) is 3.18. The van der Waals surface area contributed by atoms with Crippen molar-refractivity contribution in [1.82, 2.24) is 20.3 Å². The van der Waals surface area contributed by atoms with Crippen molar-refractivity contribution in [2.24, 2.45) is 5.92 Å². The Balaban J connectivity index is 1.88. The predicted molar refractivity (Wildman–Crippen MR) is 107 cm³/mol. The molecule has 1 N–H and O–H groups in total. The number of aromatic nitrogens is 1. The van der Waals surface area contributed by atoms with Gasteiger partial charge in [-0.3, -0.25) is 14.4 Å². The summed E-state index contributed by atoms with van der Waals surface area (Å²) in [7, 11) is 3.18. The van der Waals surface area contributed by atoms with E-state index in [4.69, 9.17) is 4.52 Å². The SMILES string of the molecule is CC(C)C[C@H]1C(=O)N[C@@H](C(=O)N(C)C)CN1C(=O)c1cc(-c2ccc(F)cc2)on1. The molecular formula is C21H25FN4O4. The van der Waals surface area contributed by atoms with Gasteiger partial charge in [-0.1, -0.05) is 19.0 Å². The largest absolute Gasteiger partial charge is 0.355 e. The Bertz CT molecular complexity index is 939. The number of carbonyl (C=O) groups is 3. The maximum atomic E-state index is 13.2. The van der Waals surface area contributed by atoms with Crippen LogP contribution in [0.15, 0.2) is 34.9 Å². The van der Waals surface area contributed by atoms with E-state index in [9.17, 15) is 18.8 Å². The zero-order valence-electron chi connectivity index (χ0n) is 17.4. The molecule has 2 heterocycles. The zero-order chi connectivity index (χ0) is 22.0. The van der Waals surface area contributed by atoms with Crippen LogP contribution >= 0.6 is 0 Å². The lowest BCUT2D eigenvalue weighted by Gasteiger charge is -2.39. The molecule has 2 atom stereocenters. The van der Waals surface area contributed by atoms with E-state index in [0.29, 0.717) is 17.7 Å². The molecule has 0 bridgehead atoms. The molecule has 2 aromatic rings. The summed E-state index contributed by atoms with van der Waals surface area (Å²) >= 11 is 0. The molecule has 1 saturated heterocycles. The quantitative estimate of drug-likeness (QED) is 0.804. The normalized spacial score (nSPS) is 19.0. The number of nitrogens with zero attached hydrogens (tertiary/aromatic N) is 3. The minimum Gasteiger partial charge on any atom is -0.355 e. The molecule has 3 amide bonds. The molecule has 8 nitrogen and oxygen atoms in total. The molecular weight excluding hydrogens is 391 g/mol. The number of hydrogen-bond donors (Lipinski definition) is 1. The van der Waals surface area contributed by atoms with Crippen LogP contribution < -0.4 is 5.32 Å². The fraction of sp³-hybridized carbons (Fsp3) is 0.429. The summed E-state index contributed by atoms with van der Waals surface area (Å²) in [6.45, 7) is 3.95. The van der Waals surface area contributed by atoms with E-state index < -0.39 is 18.0 Å². The van der Waals surface area contributed by atoms with E-state index in [0.717, 1.165) is 0 Å². The standard InChI is InChI=1S/C21H25FN4O4/c1-12(2)9-17-19(27)23-16(20(28)25(3)4)11-26(17)21(29)15-10-18(30-24-15)13-5-7-14(22)8-6-13/h5-8,10,12,16-17H,9,11H2,1-4H3,(H,23,27)/t16-,17+/m1/s1. The molecule has 0 aliphatic carbocycles. The Morgan fingerprint density at radius 2 is 1.97 bits per heavy atom. The van der Waals surface area contributed by atoms with Gasteiger partial charge in [0, 0.05) is 25.7 Å². The fourth-order valence-electron chi connectivity index (χ4n) is 3.41. The molecule has 1 fully saturated rings. The summed E-state index contributed by atoms with van der Waals surface area (Å²) < 4.78 is 18.4. The molecule has 1 aromatic heterocycles. The lowest BCUT2D eigenvalue weighted by Crippen LogP contribution is -2.65. The summed E-state index contributed by atoms with van der Waals surface area (Å²) in [5, 5.41) is 6.57. The fourth-order valence-corrected chi connectivity index (χ4v) is 3.41. The highest BCUT2D eigenvalue weighted by Gasteiger charge is 2.41. The summed E-state index contributed by atoms with van der Waals surface area (Å²) in [4.78, 5) is 41.1. The van der Waals surface area contributed by atoms with Crippen LogP contribution in [0, 0.1) is 11.7 Å². The van der Waals surface area contributed by atoms with Gasteiger partial charge in [0.1, 0.15) is 17.9 Å². The highest BCUT2D eigenvalue weighted by Crippen LogP contribution is 2.24. The van der Waals surface area contributed by atoms with Gasteiger partial charge in [0.15, 0.2) is 11.5 Å². The van der Waals surface area contributed by atoms with Crippen molar-refractivity contribution in [3.63, 3.8) is 0 Å². The van der Waals surface area contributed by atoms with Crippen LogP contribution in [0.5, 0.6) is 0 Å². The van der Waals surface area contributed by atoms with Crippen LogP contribution in [0.4, 0.5) is 4.39 Å². The molecule has 0 saturated carbocycles. The van der Waals surface area contributed by atoms with Crippen molar-refractivity contribution in [1.29, 1.82) is 0 Å². The Morgan fingerprint density at radius 1 is 1.30 bits per heavy atom. The molecule has 0 unspecified atom stereocenters. The van der Waals surface area contributed by atoms with Crippen molar-refractivity contribution in [2.75, 3.05) is 20.6 Å². The van der Waals surface area contributed by atoms with Crippen LogP contribution in [0.1, 0.15) is 30.8 Å². The molecule has 9 heteroatoms. The Labute approximate surface area is 174 Å². The number of carbonyl (C=O) groups excluding carboxylic acids is 3. The third kappa shape index (κ3) is 4.50. The third-order valence-corrected chi connectivity index (χ3v) is 4.93. The van der Waals surface area contributed by atoms with E-state index in [1.807, 2.05) is 13.8 Å². The predicted octanol–water partition coefficient (Wildman–Crippen LogP) is 1.92. The van der Waals surface area contributed by atoms with Gasteiger partial charge in [0.25, 0.3) is 5.91 Å². The molecule has 0 radical (unpaired) electrons. The van der Waals surface area contributed by atoms with Crippen molar-refractivity contribution in [3.05, 3.63) is 41.8 Å². The number of likely N-dealkylation sites (N-methyl/N-ethyl adjacent to an activating group) is 1.